The molecule has 1 aliphatic heterocycles. The molecule has 3 nitrogen and oxygen atoms in total. The van der Waals surface area contributed by atoms with Gasteiger partial charge in [0.05, 0.1) is 12.1 Å². The lowest BCUT2D eigenvalue weighted by Crippen LogP contribution is -2.48. The normalized spacial score (nSPS) is 18.2. The number of anilines is 1. The number of halogens is 3. The van der Waals surface area contributed by atoms with E-state index in [1.54, 1.807) is 0 Å². The van der Waals surface area contributed by atoms with Crippen molar-refractivity contribution in [1.82, 2.24) is 4.90 Å². The third-order valence-electron chi connectivity index (χ3n) is 2.92. The van der Waals surface area contributed by atoms with Crippen molar-refractivity contribution in [2.45, 2.75) is 6.18 Å². The van der Waals surface area contributed by atoms with Crippen molar-refractivity contribution in [3.05, 3.63) is 29.8 Å². The Balaban J connectivity index is 2.17. The zero-order valence-corrected chi connectivity index (χ0v) is 9.87. The van der Waals surface area contributed by atoms with Crippen LogP contribution >= 0.6 is 0 Å². The van der Waals surface area contributed by atoms with Crippen molar-refractivity contribution in [2.75, 3.05) is 31.6 Å². The fourth-order valence-electron chi connectivity index (χ4n) is 1.89. The zero-order chi connectivity index (χ0) is 13.3. The number of alkyl halides is 3. The molecule has 1 fully saturated rings. The highest BCUT2D eigenvalue weighted by Gasteiger charge is 2.30. The Morgan fingerprint density at radius 2 is 1.72 bits per heavy atom. The zero-order valence-electron chi connectivity index (χ0n) is 9.87. The Bertz CT molecular complexity index is 442. The molecule has 0 saturated carbocycles. The van der Waals surface area contributed by atoms with Crippen LogP contribution in [0.5, 0.6) is 0 Å². The van der Waals surface area contributed by atoms with Gasteiger partial charge in [0.2, 0.25) is 5.91 Å². The first-order chi connectivity index (χ1) is 8.38. The van der Waals surface area contributed by atoms with Crippen LogP contribution in [0.25, 0.3) is 0 Å². The number of hydrogen-bond acceptors (Lipinski definition) is 2. The highest BCUT2D eigenvalue weighted by molar-refractivity contribution is 5.95. The SMILES string of the molecule is CN1CCN(c2ccc(C(F)(F)F)cc2)C(=O)C1. The molecule has 0 aromatic heterocycles. The van der Waals surface area contributed by atoms with E-state index in [-0.39, 0.29) is 5.91 Å². The van der Waals surface area contributed by atoms with Gasteiger partial charge in [-0.1, -0.05) is 0 Å². The van der Waals surface area contributed by atoms with Crippen LogP contribution in [0.4, 0.5) is 18.9 Å². The number of carbonyl (C=O) groups is 1. The molecule has 0 unspecified atom stereocenters. The van der Waals surface area contributed by atoms with Gasteiger partial charge in [0.25, 0.3) is 0 Å². The molecule has 1 aromatic rings. The van der Waals surface area contributed by atoms with Crippen LogP contribution < -0.4 is 4.90 Å². The molecule has 1 amide bonds. The number of nitrogens with zero attached hydrogens (tertiary/aromatic N) is 2. The molecular weight excluding hydrogens is 245 g/mol. The summed E-state index contributed by atoms with van der Waals surface area (Å²) in [6.45, 7) is 1.51. The molecule has 2 rings (SSSR count). The summed E-state index contributed by atoms with van der Waals surface area (Å²) in [7, 11) is 1.84. The van der Waals surface area contributed by atoms with Gasteiger partial charge in [-0.3, -0.25) is 9.69 Å². The van der Waals surface area contributed by atoms with E-state index >= 15 is 0 Å². The standard InChI is InChI=1S/C12H13F3N2O/c1-16-6-7-17(11(18)8-16)10-4-2-9(3-5-10)12(13,14)15/h2-5H,6-8H2,1H3. The molecule has 0 radical (unpaired) electrons. The summed E-state index contributed by atoms with van der Waals surface area (Å²) in [6.07, 6.45) is -4.34. The first-order valence-corrected chi connectivity index (χ1v) is 5.54. The van der Waals surface area contributed by atoms with E-state index in [2.05, 4.69) is 0 Å². The maximum Gasteiger partial charge on any atom is 0.416 e. The Labute approximate surface area is 103 Å². The minimum absolute atomic E-state index is 0.0940. The van der Waals surface area contributed by atoms with E-state index in [9.17, 15) is 18.0 Å². The number of carbonyl (C=O) groups excluding carboxylic acids is 1. The molecule has 98 valence electrons. The molecule has 18 heavy (non-hydrogen) atoms. The largest absolute Gasteiger partial charge is 0.416 e. The number of benzene rings is 1. The van der Waals surface area contributed by atoms with Crippen molar-refractivity contribution < 1.29 is 18.0 Å². The summed E-state index contributed by atoms with van der Waals surface area (Å²) >= 11 is 0. The number of amides is 1. The summed E-state index contributed by atoms with van der Waals surface area (Å²) in [5.74, 6) is -0.0940. The third kappa shape index (κ3) is 2.64. The number of rotatable bonds is 1. The maximum atomic E-state index is 12.4. The van der Waals surface area contributed by atoms with Crippen LogP contribution in [0.15, 0.2) is 24.3 Å². The van der Waals surface area contributed by atoms with E-state index in [1.165, 1.54) is 17.0 Å². The molecule has 6 heteroatoms. The van der Waals surface area contributed by atoms with Crippen LogP contribution in [-0.4, -0.2) is 37.5 Å². The van der Waals surface area contributed by atoms with Gasteiger partial charge in [0.15, 0.2) is 0 Å². The molecule has 0 N–H and O–H groups in total. The van der Waals surface area contributed by atoms with E-state index in [0.717, 1.165) is 12.1 Å². The van der Waals surface area contributed by atoms with Gasteiger partial charge in [-0.15, -0.1) is 0 Å². The highest BCUT2D eigenvalue weighted by atomic mass is 19.4. The summed E-state index contributed by atoms with van der Waals surface area (Å²) in [6, 6.07) is 4.68. The Kier molecular flexibility index (Phi) is 3.30. The van der Waals surface area contributed by atoms with Gasteiger partial charge in [0.1, 0.15) is 0 Å². The second kappa shape index (κ2) is 4.61. The van der Waals surface area contributed by atoms with Crippen molar-refractivity contribution in [1.29, 1.82) is 0 Å². The lowest BCUT2D eigenvalue weighted by molar-refractivity contribution is -0.137. The van der Waals surface area contributed by atoms with Crippen LogP contribution in [0.2, 0.25) is 0 Å². The maximum absolute atomic E-state index is 12.4. The average Bonchev–Trinajstić information content (AvgIpc) is 2.28. The fraction of sp³-hybridized carbons (Fsp3) is 0.417. The first-order valence-electron chi connectivity index (χ1n) is 5.54. The number of likely N-dealkylation sites (N-methyl/N-ethyl adjacent to an activating group) is 1. The van der Waals surface area contributed by atoms with Crippen LogP contribution in [0.3, 0.4) is 0 Å². The minimum atomic E-state index is -4.34. The lowest BCUT2D eigenvalue weighted by Gasteiger charge is -2.32. The van der Waals surface area contributed by atoms with Gasteiger partial charge in [-0.2, -0.15) is 13.2 Å². The minimum Gasteiger partial charge on any atom is -0.310 e. The van der Waals surface area contributed by atoms with E-state index in [4.69, 9.17) is 0 Å². The molecule has 0 bridgehead atoms. The van der Waals surface area contributed by atoms with Gasteiger partial charge < -0.3 is 4.90 Å². The average molecular weight is 258 g/mol. The molecule has 1 saturated heterocycles. The number of hydrogen-bond donors (Lipinski definition) is 0. The third-order valence-corrected chi connectivity index (χ3v) is 2.92. The topological polar surface area (TPSA) is 23.6 Å². The molecule has 0 spiro atoms. The second-order valence-electron chi connectivity index (χ2n) is 4.33. The van der Waals surface area contributed by atoms with E-state index in [0.29, 0.717) is 25.3 Å². The molecular formula is C12H13F3N2O. The summed E-state index contributed by atoms with van der Waals surface area (Å²) in [5.41, 5.74) is -0.186. The molecule has 1 aromatic carbocycles. The second-order valence-corrected chi connectivity index (χ2v) is 4.33. The van der Waals surface area contributed by atoms with Gasteiger partial charge in [-0.25, -0.2) is 0 Å². The number of piperazine rings is 1. The summed E-state index contributed by atoms with van der Waals surface area (Å²) in [5, 5.41) is 0. The highest BCUT2D eigenvalue weighted by Crippen LogP contribution is 2.30. The van der Waals surface area contributed by atoms with E-state index in [1.807, 2.05) is 11.9 Å². The quantitative estimate of drug-likeness (QED) is 0.769. The summed E-state index contributed by atoms with van der Waals surface area (Å²) < 4.78 is 37.2. The predicted octanol–water partition coefficient (Wildman–Crippen LogP) is 1.98. The molecule has 1 heterocycles. The van der Waals surface area contributed by atoms with Gasteiger partial charge in [0, 0.05) is 18.8 Å². The lowest BCUT2D eigenvalue weighted by atomic mass is 10.1. The van der Waals surface area contributed by atoms with Crippen molar-refractivity contribution in [2.24, 2.45) is 0 Å². The van der Waals surface area contributed by atoms with Crippen LogP contribution in [-0.2, 0) is 11.0 Å². The van der Waals surface area contributed by atoms with Crippen molar-refractivity contribution >= 4 is 11.6 Å². The molecule has 0 atom stereocenters. The first kappa shape index (κ1) is 12.9. The Morgan fingerprint density at radius 3 is 2.22 bits per heavy atom. The van der Waals surface area contributed by atoms with Crippen LogP contribution in [0.1, 0.15) is 5.56 Å². The monoisotopic (exact) mass is 258 g/mol. The predicted molar refractivity (Wildman–Crippen MR) is 61.3 cm³/mol. The fourth-order valence-corrected chi connectivity index (χ4v) is 1.89. The van der Waals surface area contributed by atoms with Gasteiger partial charge >= 0.3 is 6.18 Å². The van der Waals surface area contributed by atoms with Crippen LogP contribution in [0, 0.1) is 0 Å². The smallest absolute Gasteiger partial charge is 0.310 e. The summed E-state index contributed by atoms with van der Waals surface area (Å²) in [4.78, 5) is 15.1. The van der Waals surface area contributed by atoms with Crippen molar-refractivity contribution in [3.63, 3.8) is 0 Å². The Morgan fingerprint density at radius 1 is 1.11 bits per heavy atom. The molecule has 0 aliphatic carbocycles. The Hall–Kier alpha value is -1.56. The van der Waals surface area contributed by atoms with E-state index < -0.39 is 11.7 Å². The van der Waals surface area contributed by atoms with Gasteiger partial charge in [-0.05, 0) is 31.3 Å². The molecule has 1 aliphatic rings. The van der Waals surface area contributed by atoms with Crippen molar-refractivity contribution in [3.8, 4) is 0 Å².